The number of hydrogen-bond acceptors (Lipinski definition) is 5. The molecule has 1 amide bonds. The van der Waals surface area contributed by atoms with E-state index in [0.717, 1.165) is 4.70 Å². The minimum absolute atomic E-state index is 0.0123. The number of benzene rings is 2. The zero-order valence-corrected chi connectivity index (χ0v) is 16.3. The molecule has 0 fully saturated rings. The highest BCUT2D eigenvalue weighted by atomic mass is 32.1. The molecule has 0 N–H and O–H groups in total. The van der Waals surface area contributed by atoms with Gasteiger partial charge in [-0.05, 0) is 44.2 Å². The van der Waals surface area contributed by atoms with Crippen molar-refractivity contribution in [1.82, 2.24) is 4.57 Å². The van der Waals surface area contributed by atoms with Crippen LogP contribution in [0.2, 0.25) is 0 Å². The number of hydrogen-bond donors (Lipinski definition) is 0. The lowest BCUT2D eigenvalue weighted by atomic mass is 10.2. The summed E-state index contributed by atoms with van der Waals surface area (Å²) in [5, 5.41) is 11.1. The Morgan fingerprint density at radius 2 is 2.04 bits per heavy atom. The molecule has 3 rings (SSSR count). The summed E-state index contributed by atoms with van der Waals surface area (Å²) in [7, 11) is 0. The molecule has 1 heterocycles. The number of amides is 1. The Morgan fingerprint density at radius 3 is 2.64 bits per heavy atom. The summed E-state index contributed by atoms with van der Waals surface area (Å²) in [6.07, 6.45) is 1.71. The van der Waals surface area contributed by atoms with Gasteiger partial charge in [-0.25, -0.2) is 0 Å². The van der Waals surface area contributed by atoms with Crippen molar-refractivity contribution in [3.63, 3.8) is 0 Å². The van der Waals surface area contributed by atoms with Crippen LogP contribution < -0.4 is 9.54 Å². The summed E-state index contributed by atoms with van der Waals surface area (Å²) < 4.78 is 8.13. The largest absolute Gasteiger partial charge is 0.491 e. The second-order valence-corrected chi connectivity index (χ2v) is 7.31. The molecular weight excluding hydrogens is 378 g/mol. The van der Waals surface area contributed by atoms with Gasteiger partial charge in [0.1, 0.15) is 5.75 Å². The van der Waals surface area contributed by atoms with Crippen LogP contribution in [0.3, 0.4) is 0 Å². The highest BCUT2D eigenvalue weighted by molar-refractivity contribution is 7.16. The van der Waals surface area contributed by atoms with E-state index in [1.807, 2.05) is 13.8 Å². The Kier molecular flexibility index (Phi) is 5.70. The molecule has 0 aliphatic carbocycles. The van der Waals surface area contributed by atoms with Crippen molar-refractivity contribution in [3.8, 4) is 5.75 Å². The predicted octanol–water partition coefficient (Wildman–Crippen LogP) is 4.33. The lowest BCUT2D eigenvalue weighted by Gasteiger charge is -2.09. The van der Waals surface area contributed by atoms with Gasteiger partial charge in [-0.3, -0.25) is 14.9 Å². The standard InChI is InChI=1S/C20H19N3O4S/c1-4-11-22-17-12-15(23(25)26)7-10-18(17)28-20(22)21-19(24)14-5-8-16(9-6-14)27-13(2)3/h4-10,12-13H,1,11H2,2-3H3. The maximum atomic E-state index is 12.6. The number of fused-ring (bicyclic) bond motifs is 1. The molecule has 0 saturated carbocycles. The van der Waals surface area contributed by atoms with Crippen LogP contribution in [0.4, 0.5) is 5.69 Å². The average Bonchev–Trinajstić information content (AvgIpc) is 2.98. The van der Waals surface area contributed by atoms with Crippen molar-refractivity contribution < 1.29 is 14.5 Å². The molecular formula is C20H19N3O4S. The lowest BCUT2D eigenvalue weighted by Crippen LogP contribution is -2.16. The third kappa shape index (κ3) is 4.17. The number of allylic oxidation sites excluding steroid dienone is 1. The number of ether oxygens (including phenoxy) is 1. The average molecular weight is 397 g/mol. The zero-order valence-electron chi connectivity index (χ0n) is 15.5. The van der Waals surface area contributed by atoms with Gasteiger partial charge in [-0.15, -0.1) is 6.58 Å². The summed E-state index contributed by atoms with van der Waals surface area (Å²) >= 11 is 1.30. The number of aromatic nitrogens is 1. The predicted molar refractivity (Wildman–Crippen MR) is 109 cm³/mol. The summed E-state index contributed by atoms with van der Waals surface area (Å²) in [6.45, 7) is 7.96. The van der Waals surface area contributed by atoms with Gasteiger partial charge in [0.2, 0.25) is 0 Å². The van der Waals surface area contributed by atoms with Gasteiger partial charge in [0.15, 0.2) is 4.80 Å². The van der Waals surface area contributed by atoms with Crippen molar-refractivity contribution in [1.29, 1.82) is 0 Å². The fourth-order valence-corrected chi connectivity index (χ4v) is 3.68. The maximum Gasteiger partial charge on any atom is 0.279 e. The molecule has 0 radical (unpaired) electrons. The zero-order chi connectivity index (χ0) is 20.3. The van der Waals surface area contributed by atoms with E-state index in [-0.39, 0.29) is 11.8 Å². The van der Waals surface area contributed by atoms with E-state index in [9.17, 15) is 14.9 Å². The fourth-order valence-electron chi connectivity index (χ4n) is 2.66. The van der Waals surface area contributed by atoms with Crippen LogP contribution in [-0.4, -0.2) is 21.5 Å². The van der Waals surface area contributed by atoms with Crippen molar-refractivity contribution in [2.45, 2.75) is 26.5 Å². The molecule has 7 nitrogen and oxygen atoms in total. The maximum absolute atomic E-state index is 12.6. The molecule has 2 aromatic carbocycles. The molecule has 0 spiro atoms. The Bertz CT molecular complexity index is 1110. The molecule has 3 aromatic rings. The Hall–Kier alpha value is -3.26. The van der Waals surface area contributed by atoms with Crippen molar-refractivity contribution in [3.05, 3.63) is 75.6 Å². The van der Waals surface area contributed by atoms with E-state index >= 15 is 0 Å². The van der Waals surface area contributed by atoms with Gasteiger partial charge in [-0.2, -0.15) is 4.99 Å². The summed E-state index contributed by atoms with van der Waals surface area (Å²) in [5.41, 5.74) is 1.07. The van der Waals surface area contributed by atoms with E-state index in [4.69, 9.17) is 4.74 Å². The van der Waals surface area contributed by atoms with Crippen LogP contribution >= 0.6 is 11.3 Å². The number of carbonyl (C=O) groups is 1. The number of nitro groups is 1. The first kappa shape index (κ1) is 19.5. The molecule has 0 unspecified atom stereocenters. The Balaban J connectivity index is 2.02. The van der Waals surface area contributed by atoms with Crippen LogP contribution in [0.1, 0.15) is 24.2 Å². The molecule has 144 valence electrons. The van der Waals surface area contributed by atoms with Gasteiger partial charge in [0, 0.05) is 24.2 Å². The Labute approximate surface area is 165 Å². The normalized spacial score (nSPS) is 11.8. The quantitative estimate of drug-likeness (QED) is 0.352. The first-order chi connectivity index (χ1) is 13.4. The SMILES string of the molecule is C=CCn1c(=NC(=O)c2ccc(OC(C)C)cc2)sc2ccc([N+](=O)[O-])cc21. The van der Waals surface area contributed by atoms with E-state index in [1.54, 1.807) is 41.0 Å². The monoisotopic (exact) mass is 397 g/mol. The van der Waals surface area contributed by atoms with Gasteiger partial charge < -0.3 is 9.30 Å². The first-order valence-corrected chi connectivity index (χ1v) is 9.45. The highest BCUT2D eigenvalue weighted by Crippen LogP contribution is 2.23. The van der Waals surface area contributed by atoms with E-state index in [0.29, 0.717) is 28.2 Å². The van der Waals surface area contributed by atoms with E-state index in [2.05, 4.69) is 11.6 Å². The second kappa shape index (κ2) is 8.18. The molecule has 0 saturated heterocycles. The molecule has 1 aromatic heterocycles. The summed E-state index contributed by atoms with van der Waals surface area (Å²) in [4.78, 5) is 27.9. The first-order valence-electron chi connectivity index (χ1n) is 8.63. The lowest BCUT2D eigenvalue weighted by molar-refractivity contribution is -0.384. The fraction of sp³-hybridized carbons (Fsp3) is 0.200. The van der Waals surface area contributed by atoms with Crippen LogP contribution in [0.15, 0.2) is 60.1 Å². The van der Waals surface area contributed by atoms with E-state index in [1.165, 1.54) is 23.5 Å². The van der Waals surface area contributed by atoms with Crippen molar-refractivity contribution in [2.24, 2.45) is 4.99 Å². The molecule has 8 heteroatoms. The van der Waals surface area contributed by atoms with Gasteiger partial charge >= 0.3 is 0 Å². The molecule has 0 atom stereocenters. The smallest absolute Gasteiger partial charge is 0.279 e. The van der Waals surface area contributed by atoms with Crippen LogP contribution in [-0.2, 0) is 6.54 Å². The Morgan fingerprint density at radius 1 is 1.32 bits per heavy atom. The summed E-state index contributed by atoms with van der Waals surface area (Å²) in [5.74, 6) is 0.289. The third-order valence-corrected chi connectivity index (χ3v) is 4.92. The van der Waals surface area contributed by atoms with Gasteiger partial charge in [-0.1, -0.05) is 17.4 Å². The van der Waals surface area contributed by atoms with E-state index < -0.39 is 10.8 Å². The molecule has 0 aliphatic rings. The number of nitrogens with zero attached hydrogens (tertiary/aromatic N) is 3. The van der Waals surface area contributed by atoms with Gasteiger partial charge in [0.05, 0.1) is 21.2 Å². The van der Waals surface area contributed by atoms with Crippen LogP contribution in [0, 0.1) is 10.1 Å². The van der Waals surface area contributed by atoms with Gasteiger partial charge in [0.25, 0.3) is 11.6 Å². The minimum atomic E-state index is -0.446. The van der Waals surface area contributed by atoms with Crippen molar-refractivity contribution in [2.75, 3.05) is 0 Å². The number of thiazole rings is 1. The number of nitro benzene ring substituents is 1. The molecule has 0 bridgehead atoms. The van der Waals surface area contributed by atoms with Crippen LogP contribution in [0.5, 0.6) is 5.75 Å². The third-order valence-electron chi connectivity index (χ3n) is 3.86. The summed E-state index contributed by atoms with van der Waals surface area (Å²) in [6, 6.07) is 11.4. The van der Waals surface area contributed by atoms with Crippen molar-refractivity contribution >= 4 is 33.1 Å². The highest BCUT2D eigenvalue weighted by Gasteiger charge is 2.13. The number of carbonyl (C=O) groups excluding carboxylic acids is 1. The van der Waals surface area contributed by atoms with Crippen LogP contribution in [0.25, 0.3) is 10.2 Å². The molecule has 0 aliphatic heterocycles. The number of non-ortho nitro benzene ring substituents is 1. The number of rotatable bonds is 6. The second-order valence-electron chi connectivity index (χ2n) is 6.30. The minimum Gasteiger partial charge on any atom is -0.491 e. The molecule has 28 heavy (non-hydrogen) atoms. The topological polar surface area (TPSA) is 86.7 Å².